The summed E-state index contributed by atoms with van der Waals surface area (Å²) >= 11 is 0. The van der Waals surface area contributed by atoms with E-state index in [0.717, 1.165) is 11.9 Å². The van der Waals surface area contributed by atoms with Gasteiger partial charge in [0.15, 0.2) is 0 Å². The fraction of sp³-hybridized carbons (Fsp3) is 0.235. The summed E-state index contributed by atoms with van der Waals surface area (Å²) in [5, 5.41) is 13.7. The molecule has 132 valence electrons. The van der Waals surface area contributed by atoms with Crippen molar-refractivity contribution < 1.29 is 4.79 Å². The van der Waals surface area contributed by atoms with Crippen LogP contribution in [0.15, 0.2) is 35.6 Å². The van der Waals surface area contributed by atoms with Gasteiger partial charge in [-0.1, -0.05) is 26.3 Å². The van der Waals surface area contributed by atoms with Gasteiger partial charge in [-0.05, 0) is 25.1 Å². The maximum atomic E-state index is 11.4. The van der Waals surface area contributed by atoms with E-state index in [2.05, 4.69) is 39.7 Å². The number of hydrogen-bond donors (Lipinski definition) is 4. The van der Waals surface area contributed by atoms with Gasteiger partial charge in [-0.25, -0.2) is 9.97 Å². The summed E-state index contributed by atoms with van der Waals surface area (Å²) in [5.41, 5.74) is 9.73. The molecule has 5 N–H and O–H groups in total. The van der Waals surface area contributed by atoms with Crippen LogP contribution in [0.5, 0.6) is 0 Å². The molecule has 2 rings (SSSR count). The molecule has 1 amide bonds. The Bertz CT molecular complexity index is 744. The Balaban J connectivity index is 0.000000970. The topological polar surface area (TPSA) is 129 Å². The van der Waals surface area contributed by atoms with Crippen LogP contribution in [0.25, 0.3) is 0 Å². The second-order valence-corrected chi connectivity index (χ2v) is 5.01. The van der Waals surface area contributed by atoms with E-state index in [1.165, 1.54) is 18.8 Å². The highest BCUT2D eigenvalue weighted by atomic mass is 16.1. The fourth-order valence-corrected chi connectivity index (χ4v) is 1.70. The van der Waals surface area contributed by atoms with Gasteiger partial charge < -0.3 is 16.5 Å². The Morgan fingerprint density at radius 2 is 2.04 bits per heavy atom. The third-order valence-electron chi connectivity index (χ3n) is 2.64. The largest absolute Gasteiger partial charge is 0.365 e. The van der Waals surface area contributed by atoms with Crippen LogP contribution in [0.1, 0.15) is 36.5 Å². The van der Waals surface area contributed by atoms with E-state index in [1.54, 1.807) is 13.0 Å². The van der Waals surface area contributed by atoms with Crippen molar-refractivity contribution in [2.75, 3.05) is 10.7 Å². The fourth-order valence-electron chi connectivity index (χ4n) is 1.70. The maximum absolute atomic E-state index is 11.4. The standard InChI is InChI=1S/C14H15N7O.C3H8/c1-9-17-8-12(13(16)22)14(19-9)20-10-3-2-4-11(7-10)21-18-6-5-15;1-3-2/h2-8,15,21H,1H3,(H2,16,22)(H,17,19,20);3H2,1-2H3/b15-5?,18-6-;. The number of hydrogen-bond acceptors (Lipinski definition) is 7. The average Bonchev–Trinajstić information content (AvgIpc) is 2.56. The molecule has 0 radical (unpaired) electrons. The number of amides is 1. The predicted octanol–water partition coefficient (Wildman–Crippen LogP) is 3.09. The average molecular weight is 341 g/mol. The first-order valence-corrected chi connectivity index (χ1v) is 7.80. The Labute approximate surface area is 147 Å². The van der Waals surface area contributed by atoms with Crippen LogP contribution < -0.4 is 16.5 Å². The first-order valence-electron chi connectivity index (χ1n) is 7.80. The van der Waals surface area contributed by atoms with Crippen LogP contribution in [0.3, 0.4) is 0 Å². The van der Waals surface area contributed by atoms with Gasteiger partial charge in [-0.3, -0.25) is 10.2 Å². The number of nitrogens with one attached hydrogen (secondary N) is 3. The Kier molecular flexibility index (Phi) is 8.28. The zero-order chi connectivity index (χ0) is 18.7. The van der Waals surface area contributed by atoms with Gasteiger partial charge in [0, 0.05) is 18.1 Å². The summed E-state index contributed by atoms with van der Waals surface area (Å²) in [5.74, 6) is 0.268. The van der Waals surface area contributed by atoms with E-state index in [4.69, 9.17) is 11.1 Å². The monoisotopic (exact) mass is 341 g/mol. The highest BCUT2D eigenvalue weighted by Crippen LogP contribution is 2.21. The minimum atomic E-state index is -0.604. The van der Waals surface area contributed by atoms with Crippen LogP contribution in [0.2, 0.25) is 0 Å². The summed E-state index contributed by atoms with van der Waals surface area (Å²) in [7, 11) is 0. The number of carbonyl (C=O) groups excluding carboxylic acids is 1. The minimum Gasteiger partial charge on any atom is -0.365 e. The second-order valence-electron chi connectivity index (χ2n) is 5.01. The number of benzene rings is 1. The summed E-state index contributed by atoms with van der Waals surface area (Å²) in [6.45, 7) is 5.97. The Morgan fingerprint density at radius 3 is 2.68 bits per heavy atom. The van der Waals surface area contributed by atoms with Gasteiger partial charge in [0.05, 0.1) is 11.9 Å². The molecule has 0 aliphatic carbocycles. The highest BCUT2D eigenvalue weighted by molar-refractivity contribution is 6.14. The molecule has 0 spiro atoms. The zero-order valence-electron chi connectivity index (χ0n) is 14.6. The molecular formula is C17H23N7O. The number of nitrogens with zero attached hydrogens (tertiary/aromatic N) is 3. The summed E-state index contributed by atoms with van der Waals surface area (Å²) in [4.78, 5) is 19.6. The van der Waals surface area contributed by atoms with Gasteiger partial charge in [0.2, 0.25) is 0 Å². The van der Waals surface area contributed by atoms with Crippen molar-refractivity contribution in [1.29, 1.82) is 5.41 Å². The summed E-state index contributed by atoms with van der Waals surface area (Å²) < 4.78 is 0. The second kappa shape index (κ2) is 10.5. The van der Waals surface area contributed by atoms with Gasteiger partial charge in [0.25, 0.3) is 5.91 Å². The number of aryl methyl sites for hydroxylation is 1. The quantitative estimate of drug-likeness (QED) is 0.474. The van der Waals surface area contributed by atoms with E-state index in [0.29, 0.717) is 17.3 Å². The summed E-state index contributed by atoms with van der Waals surface area (Å²) in [6.07, 6.45) is 5.03. The van der Waals surface area contributed by atoms with Crippen molar-refractivity contribution in [2.24, 2.45) is 10.8 Å². The maximum Gasteiger partial charge on any atom is 0.254 e. The first kappa shape index (κ1) is 19.8. The van der Waals surface area contributed by atoms with Crippen LogP contribution in [0.4, 0.5) is 17.2 Å². The molecular weight excluding hydrogens is 318 g/mol. The van der Waals surface area contributed by atoms with E-state index in [-0.39, 0.29) is 5.56 Å². The van der Waals surface area contributed by atoms with Crippen LogP contribution >= 0.6 is 0 Å². The lowest BCUT2D eigenvalue weighted by molar-refractivity contribution is 0.100. The van der Waals surface area contributed by atoms with E-state index < -0.39 is 5.91 Å². The Hall–Kier alpha value is -3.29. The number of carbonyl (C=O) groups is 1. The third kappa shape index (κ3) is 6.78. The molecule has 0 saturated carbocycles. The number of anilines is 3. The van der Waals surface area contributed by atoms with Crippen molar-refractivity contribution in [2.45, 2.75) is 27.2 Å². The van der Waals surface area contributed by atoms with Gasteiger partial charge in [-0.2, -0.15) is 5.10 Å². The molecule has 0 aliphatic rings. The van der Waals surface area contributed by atoms with E-state index in [1.807, 2.05) is 18.2 Å². The molecule has 1 aromatic carbocycles. The number of primary amides is 1. The number of nitrogens with two attached hydrogens (primary N) is 1. The summed E-state index contributed by atoms with van der Waals surface area (Å²) in [6, 6.07) is 7.21. The molecule has 0 unspecified atom stereocenters. The van der Waals surface area contributed by atoms with Crippen LogP contribution in [-0.2, 0) is 0 Å². The molecule has 1 aromatic heterocycles. The van der Waals surface area contributed by atoms with Crippen molar-refractivity contribution in [3.05, 3.63) is 41.9 Å². The van der Waals surface area contributed by atoms with Crippen molar-refractivity contribution in [1.82, 2.24) is 9.97 Å². The zero-order valence-corrected chi connectivity index (χ0v) is 14.6. The molecule has 0 aliphatic heterocycles. The molecule has 0 saturated heterocycles. The first-order chi connectivity index (χ1) is 12.0. The van der Waals surface area contributed by atoms with Gasteiger partial charge >= 0.3 is 0 Å². The van der Waals surface area contributed by atoms with Crippen LogP contribution in [-0.4, -0.2) is 28.3 Å². The molecule has 0 bridgehead atoms. The Morgan fingerprint density at radius 1 is 1.36 bits per heavy atom. The number of hydrazone groups is 1. The lowest BCUT2D eigenvalue weighted by Crippen LogP contribution is -2.15. The predicted molar refractivity (Wildman–Crippen MR) is 102 cm³/mol. The molecule has 2 aromatic rings. The van der Waals surface area contributed by atoms with Crippen LogP contribution in [0, 0.1) is 12.3 Å². The molecule has 1 heterocycles. The third-order valence-corrected chi connectivity index (χ3v) is 2.64. The van der Waals surface area contributed by atoms with Crippen molar-refractivity contribution in [3.63, 3.8) is 0 Å². The number of rotatable bonds is 6. The van der Waals surface area contributed by atoms with Gasteiger partial charge in [-0.15, -0.1) is 0 Å². The molecule has 8 heteroatoms. The van der Waals surface area contributed by atoms with Gasteiger partial charge in [0.1, 0.15) is 17.2 Å². The van der Waals surface area contributed by atoms with Crippen molar-refractivity contribution >= 4 is 35.5 Å². The smallest absolute Gasteiger partial charge is 0.254 e. The van der Waals surface area contributed by atoms with Crippen molar-refractivity contribution in [3.8, 4) is 0 Å². The normalized spacial score (nSPS) is 9.88. The molecule has 25 heavy (non-hydrogen) atoms. The highest BCUT2D eigenvalue weighted by Gasteiger charge is 2.11. The minimum absolute atomic E-state index is 0.214. The lowest BCUT2D eigenvalue weighted by atomic mass is 10.2. The molecule has 8 nitrogen and oxygen atoms in total. The van der Waals surface area contributed by atoms with E-state index >= 15 is 0 Å². The molecule has 0 fully saturated rings. The lowest BCUT2D eigenvalue weighted by Gasteiger charge is -2.10. The van der Waals surface area contributed by atoms with E-state index in [9.17, 15) is 4.79 Å². The molecule has 0 atom stereocenters. The SMILES string of the molecule is CCC.Cc1ncc(C(N)=O)c(Nc2cccc(N/N=C\C=N)c2)n1. The number of aromatic nitrogens is 2.